The van der Waals surface area contributed by atoms with Crippen LogP contribution in [0, 0.1) is 5.82 Å². The molecular weight excluding hydrogens is 229 g/mol. The molecule has 4 heteroatoms. The molecule has 0 saturated carbocycles. The third-order valence-electron chi connectivity index (χ3n) is 2.73. The normalized spacial score (nSPS) is 20.8. The summed E-state index contributed by atoms with van der Waals surface area (Å²) >= 11 is 5.67. The van der Waals surface area contributed by atoms with Gasteiger partial charge < -0.3 is 10.1 Å². The molecule has 0 spiro atoms. The van der Waals surface area contributed by atoms with Crippen molar-refractivity contribution in [2.24, 2.45) is 0 Å². The molecule has 1 aromatic rings. The smallest absolute Gasteiger partial charge is 0.147 e. The topological polar surface area (TPSA) is 21.3 Å². The van der Waals surface area contributed by atoms with Gasteiger partial charge in [-0.05, 0) is 37.5 Å². The van der Waals surface area contributed by atoms with Gasteiger partial charge in [0, 0.05) is 18.2 Å². The third-order valence-corrected chi connectivity index (χ3v) is 2.96. The lowest BCUT2D eigenvalue weighted by Crippen LogP contribution is -2.27. The Balaban J connectivity index is 1.88. The first kappa shape index (κ1) is 11.7. The van der Waals surface area contributed by atoms with Crippen LogP contribution < -0.4 is 5.32 Å². The van der Waals surface area contributed by atoms with Crippen LogP contribution in [0.25, 0.3) is 0 Å². The molecule has 2 nitrogen and oxygen atoms in total. The molecular formula is C12H15ClFNO. The van der Waals surface area contributed by atoms with Crippen molar-refractivity contribution in [1.82, 2.24) is 0 Å². The Kier molecular flexibility index (Phi) is 4.02. The highest BCUT2D eigenvalue weighted by atomic mass is 35.5. The monoisotopic (exact) mass is 243 g/mol. The molecule has 1 unspecified atom stereocenters. The summed E-state index contributed by atoms with van der Waals surface area (Å²) in [7, 11) is 0. The van der Waals surface area contributed by atoms with Crippen LogP contribution in [0.1, 0.15) is 19.3 Å². The number of hydrogen-bond donors (Lipinski definition) is 1. The number of hydrogen-bond acceptors (Lipinski definition) is 2. The maximum absolute atomic E-state index is 13.4. The standard InChI is InChI=1S/C12H15ClFNO/c13-9-4-5-12(11(14)7-9)15-8-10-3-1-2-6-16-10/h4-5,7,10,15H,1-3,6,8H2. The van der Waals surface area contributed by atoms with Crippen molar-refractivity contribution in [3.63, 3.8) is 0 Å². The molecule has 16 heavy (non-hydrogen) atoms. The maximum Gasteiger partial charge on any atom is 0.147 e. The van der Waals surface area contributed by atoms with Gasteiger partial charge in [0.25, 0.3) is 0 Å². The lowest BCUT2D eigenvalue weighted by Gasteiger charge is -2.23. The first-order chi connectivity index (χ1) is 7.75. The Morgan fingerprint density at radius 2 is 2.31 bits per heavy atom. The van der Waals surface area contributed by atoms with Gasteiger partial charge in [0.15, 0.2) is 0 Å². The highest BCUT2D eigenvalue weighted by molar-refractivity contribution is 6.30. The molecule has 0 bridgehead atoms. The fourth-order valence-corrected chi connectivity index (χ4v) is 1.98. The second-order valence-corrected chi connectivity index (χ2v) is 4.43. The van der Waals surface area contributed by atoms with Gasteiger partial charge in [0.05, 0.1) is 11.8 Å². The predicted octanol–water partition coefficient (Wildman–Crippen LogP) is 3.46. The first-order valence-corrected chi connectivity index (χ1v) is 5.94. The number of halogens is 2. The van der Waals surface area contributed by atoms with Gasteiger partial charge in [0.1, 0.15) is 5.82 Å². The van der Waals surface area contributed by atoms with Gasteiger partial charge >= 0.3 is 0 Å². The molecule has 1 aliphatic heterocycles. The van der Waals surface area contributed by atoms with Crippen molar-refractivity contribution in [2.75, 3.05) is 18.5 Å². The maximum atomic E-state index is 13.4. The minimum Gasteiger partial charge on any atom is -0.380 e. The summed E-state index contributed by atoms with van der Waals surface area (Å²) in [6.07, 6.45) is 3.56. The fraction of sp³-hybridized carbons (Fsp3) is 0.500. The van der Waals surface area contributed by atoms with Crippen LogP contribution >= 0.6 is 11.6 Å². The van der Waals surface area contributed by atoms with E-state index in [9.17, 15) is 4.39 Å². The van der Waals surface area contributed by atoms with Crippen molar-refractivity contribution in [3.05, 3.63) is 29.0 Å². The Bertz CT molecular complexity index is 353. The summed E-state index contributed by atoms with van der Waals surface area (Å²) in [5.41, 5.74) is 0.485. The highest BCUT2D eigenvalue weighted by Gasteiger charge is 2.13. The minimum atomic E-state index is -0.316. The molecule has 1 saturated heterocycles. The van der Waals surface area contributed by atoms with Crippen molar-refractivity contribution < 1.29 is 9.13 Å². The van der Waals surface area contributed by atoms with E-state index in [1.807, 2.05) is 0 Å². The zero-order chi connectivity index (χ0) is 11.4. The molecule has 1 atom stereocenters. The number of nitrogens with one attached hydrogen (secondary N) is 1. The Labute approximate surface area is 99.7 Å². The summed E-state index contributed by atoms with van der Waals surface area (Å²) < 4.78 is 19.0. The molecule has 0 amide bonds. The van der Waals surface area contributed by atoms with E-state index in [1.165, 1.54) is 12.5 Å². The van der Waals surface area contributed by atoms with Gasteiger partial charge in [-0.25, -0.2) is 4.39 Å². The molecule has 2 rings (SSSR count). The number of rotatable bonds is 3. The third kappa shape index (κ3) is 3.09. The zero-order valence-electron chi connectivity index (χ0n) is 9.01. The fourth-order valence-electron chi connectivity index (χ4n) is 1.83. The summed E-state index contributed by atoms with van der Waals surface area (Å²) in [5.74, 6) is -0.316. The van der Waals surface area contributed by atoms with Crippen molar-refractivity contribution in [3.8, 4) is 0 Å². The van der Waals surface area contributed by atoms with Gasteiger partial charge in [-0.15, -0.1) is 0 Å². The van der Waals surface area contributed by atoms with Crippen LogP contribution in [0.5, 0.6) is 0 Å². The second kappa shape index (κ2) is 5.51. The zero-order valence-corrected chi connectivity index (χ0v) is 9.77. The largest absolute Gasteiger partial charge is 0.380 e. The molecule has 0 radical (unpaired) electrons. The van der Waals surface area contributed by atoms with Gasteiger partial charge in [-0.1, -0.05) is 11.6 Å². The van der Waals surface area contributed by atoms with Gasteiger partial charge in [-0.3, -0.25) is 0 Å². The molecule has 1 N–H and O–H groups in total. The van der Waals surface area contributed by atoms with E-state index in [-0.39, 0.29) is 11.9 Å². The van der Waals surface area contributed by atoms with Crippen LogP contribution in [0.2, 0.25) is 5.02 Å². The number of benzene rings is 1. The van der Waals surface area contributed by atoms with Crippen molar-refractivity contribution in [2.45, 2.75) is 25.4 Å². The summed E-state index contributed by atoms with van der Waals surface area (Å²) in [5, 5.41) is 3.47. The molecule has 1 aromatic carbocycles. The first-order valence-electron chi connectivity index (χ1n) is 5.56. The van der Waals surface area contributed by atoms with Crippen LogP contribution in [0.3, 0.4) is 0 Å². The average molecular weight is 244 g/mol. The average Bonchev–Trinajstić information content (AvgIpc) is 2.29. The Morgan fingerprint density at radius 3 is 3.00 bits per heavy atom. The number of ether oxygens (including phenoxy) is 1. The quantitative estimate of drug-likeness (QED) is 0.878. The second-order valence-electron chi connectivity index (χ2n) is 3.99. The van der Waals surface area contributed by atoms with E-state index in [2.05, 4.69) is 5.32 Å². The van der Waals surface area contributed by atoms with E-state index >= 15 is 0 Å². The lowest BCUT2D eigenvalue weighted by atomic mass is 10.1. The van der Waals surface area contributed by atoms with Crippen molar-refractivity contribution >= 4 is 17.3 Å². The van der Waals surface area contributed by atoms with Gasteiger partial charge in [-0.2, -0.15) is 0 Å². The molecule has 1 aliphatic rings. The van der Waals surface area contributed by atoms with E-state index in [1.54, 1.807) is 12.1 Å². The van der Waals surface area contributed by atoms with E-state index in [4.69, 9.17) is 16.3 Å². The van der Waals surface area contributed by atoms with Crippen LogP contribution in [-0.2, 0) is 4.74 Å². The van der Waals surface area contributed by atoms with E-state index < -0.39 is 0 Å². The van der Waals surface area contributed by atoms with Gasteiger partial charge in [0.2, 0.25) is 0 Å². The summed E-state index contributed by atoms with van der Waals surface area (Å²) in [6.45, 7) is 1.47. The summed E-state index contributed by atoms with van der Waals surface area (Å²) in [6, 6.07) is 4.64. The van der Waals surface area contributed by atoms with Crippen LogP contribution in [0.15, 0.2) is 18.2 Å². The predicted molar refractivity (Wildman–Crippen MR) is 63.5 cm³/mol. The van der Waals surface area contributed by atoms with E-state index in [0.717, 1.165) is 19.4 Å². The highest BCUT2D eigenvalue weighted by Crippen LogP contribution is 2.20. The Hall–Kier alpha value is -0.800. The summed E-state index contributed by atoms with van der Waals surface area (Å²) in [4.78, 5) is 0. The van der Waals surface area contributed by atoms with E-state index in [0.29, 0.717) is 17.3 Å². The molecule has 88 valence electrons. The minimum absolute atomic E-state index is 0.198. The Morgan fingerprint density at radius 1 is 1.44 bits per heavy atom. The van der Waals surface area contributed by atoms with Crippen LogP contribution in [0.4, 0.5) is 10.1 Å². The molecule has 1 heterocycles. The molecule has 0 aliphatic carbocycles. The van der Waals surface area contributed by atoms with Crippen molar-refractivity contribution in [1.29, 1.82) is 0 Å². The van der Waals surface area contributed by atoms with Crippen LogP contribution in [-0.4, -0.2) is 19.3 Å². The lowest BCUT2D eigenvalue weighted by molar-refractivity contribution is 0.0247. The molecule has 0 aromatic heterocycles. The SMILES string of the molecule is Fc1cc(Cl)ccc1NCC1CCCCO1. The number of anilines is 1. The molecule has 1 fully saturated rings.